The van der Waals surface area contributed by atoms with E-state index < -0.39 is 0 Å². The summed E-state index contributed by atoms with van der Waals surface area (Å²) in [6.45, 7) is 9.29. The number of nitrogens with one attached hydrogen (secondary N) is 1. The summed E-state index contributed by atoms with van der Waals surface area (Å²) in [4.78, 5) is 12.1. The number of amides is 1. The zero-order chi connectivity index (χ0) is 13.7. The zero-order valence-corrected chi connectivity index (χ0v) is 13.3. The molecule has 0 aromatic carbocycles. The molecule has 0 atom stereocenters. The molecule has 0 aliphatic carbocycles. The minimum Gasteiger partial charge on any atom is -0.351 e. The van der Waals surface area contributed by atoms with Crippen molar-refractivity contribution in [1.82, 2.24) is 9.88 Å². The Morgan fingerprint density at radius 3 is 2.61 bits per heavy atom. The second-order valence-electron chi connectivity index (χ2n) is 5.34. The van der Waals surface area contributed by atoms with Crippen LogP contribution in [0.3, 0.4) is 0 Å². The molecule has 0 unspecified atom stereocenters. The highest BCUT2D eigenvalue weighted by atomic mass is 79.9. The van der Waals surface area contributed by atoms with Crippen LogP contribution in [0.4, 0.5) is 0 Å². The van der Waals surface area contributed by atoms with Gasteiger partial charge in [0.1, 0.15) is 5.69 Å². The molecule has 4 heteroatoms. The molecule has 0 aliphatic rings. The lowest BCUT2D eigenvalue weighted by atomic mass is 10.1. The number of hydrogen-bond acceptors (Lipinski definition) is 1. The molecule has 102 valence electrons. The van der Waals surface area contributed by atoms with Crippen molar-refractivity contribution in [2.24, 2.45) is 5.92 Å². The SMILES string of the molecule is CC(C)CCCNC(=O)c1cc(Br)cn1C(C)C. The molecular formula is C14H23BrN2O. The average Bonchev–Trinajstić information content (AvgIpc) is 2.66. The molecular weight excluding hydrogens is 292 g/mol. The van der Waals surface area contributed by atoms with Crippen LogP contribution in [-0.2, 0) is 0 Å². The van der Waals surface area contributed by atoms with Crippen LogP contribution >= 0.6 is 15.9 Å². The van der Waals surface area contributed by atoms with Gasteiger partial charge in [0.15, 0.2) is 0 Å². The van der Waals surface area contributed by atoms with Crippen LogP contribution in [0.25, 0.3) is 0 Å². The summed E-state index contributed by atoms with van der Waals surface area (Å²) in [5, 5.41) is 2.98. The van der Waals surface area contributed by atoms with Crippen molar-refractivity contribution in [3.63, 3.8) is 0 Å². The van der Waals surface area contributed by atoms with E-state index in [1.165, 1.54) is 0 Å². The average molecular weight is 315 g/mol. The van der Waals surface area contributed by atoms with Gasteiger partial charge >= 0.3 is 0 Å². The molecule has 0 radical (unpaired) electrons. The van der Waals surface area contributed by atoms with Gasteiger partial charge in [0.25, 0.3) is 5.91 Å². The first kappa shape index (κ1) is 15.3. The van der Waals surface area contributed by atoms with Crippen molar-refractivity contribution in [2.75, 3.05) is 6.54 Å². The van der Waals surface area contributed by atoms with Crippen molar-refractivity contribution in [1.29, 1.82) is 0 Å². The van der Waals surface area contributed by atoms with Crippen LogP contribution in [-0.4, -0.2) is 17.0 Å². The Bertz CT molecular complexity index is 396. The van der Waals surface area contributed by atoms with Crippen molar-refractivity contribution >= 4 is 21.8 Å². The Morgan fingerprint density at radius 2 is 2.06 bits per heavy atom. The summed E-state index contributed by atoms with van der Waals surface area (Å²) < 4.78 is 2.94. The predicted octanol–water partition coefficient (Wildman–Crippen LogP) is 4.00. The highest BCUT2D eigenvalue weighted by Crippen LogP contribution is 2.19. The Labute approximate surface area is 118 Å². The number of halogens is 1. The van der Waals surface area contributed by atoms with Gasteiger partial charge < -0.3 is 9.88 Å². The maximum atomic E-state index is 12.1. The second kappa shape index (κ2) is 6.98. The molecule has 0 fully saturated rings. The van der Waals surface area contributed by atoms with E-state index in [0.717, 1.165) is 29.6 Å². The maximum absolute atomic E-state index is 12.1. The third-order valence-electron chi connectivity index (χ3n) is 2.85. The predicted molar refractivity (Wildman–Crippen MR) is 78.9 cm³/mol. The van der Waals surface area contributed by atoms with Crippen LogP contribution < -0.4 is 5.32 Å². The first-order valence-corrected chi connectivity index (χ1v) is 7.36. The molecule has 1 aromatic rings. The summed E-state index contributed by atoms with van der Waals surface area (Å²) >= 11 is 3.42. The fraction of sp³-hybridized carbons (Fsp3) is 0.643. The van der Waals surface area contributed by atoms with E-state index in [1.807, 2.05) is 16.8 Å². The monoisotopic (exact) mass is 314 g/mol. The minimum absolute atomic E-state index is 0.0122. The lowest BCUT2D eigenvalue weighted by molar-refractivity contribution is 0.0942. The van der Waals surface area contributed by atoms with E-state index in [4.69, 9.17) is 0 Å². The van der Waals surface area contributed by atoms with Crippen molar-refractivity contribution in [3.8, 4) is 0 Å². The molecule has 18 heavy (non-hydrogen) atoms. The molecule has 0 saturated heterocycles. The molecule has 3 nitrogen and oxygen atoms in total. The van der Waals surface area contributed by atoms with E-state index in [0.29, 0.717) is 5.92 Å². The van der Waals surface area contributed by atoms with Gasteiger partial charge in [-0.05, 0) is 54.6 Å². The molecule has 0 aliphatic heterocycles. The van der Waals surface area contributed by atoms with E-state index in [1.54, 1.807) is 0 Å². The molecule has 1 heterocycles. The maximum Gasteiger partial charge on any atom is 0.267 e. The number of nitrogens with zero attached hydrogens (tertiary/aromatic N) is 1. The van der Waals surface area contributed by atoms with E-state index >= 15 is 0 Å². The fourth-order valence-corrected chi connectivity index (χ4v) is 2.30. The largest absolute Gasteiger partial charge is 0.351 e. The van der Waals surface area contributed by atoms with E-state index in [9.17, 15) is 4.79 Å². The molecule has 1 aromatic heterocycles. The van der Waals surface area contributed by atoms with Gasteiger partial charge in [-0.3, -0.25) is 4.79 Å². The second-order valence-corrected chi connectivity index (χ2v) is 6.25. The van der Waals surface area contributed by atoms with Gasteiger partial charge in [0, 0.05) is 23.3 Å². The lowest BCUT2D eigenvalue weighted by Gasteiger charge is -2.13. The third kappa shape index (κ3) is 4.48. The van der Waals surface area contributed by atoms with Crippen LogP contribution in [0.2, 0.25) is 0 Å². The number of carbonyl (C=O) groups excluding carboxylic acids is 1. The molecule has 0 spiro atoms. The van der Waals surface area contributed by atoms with E-state index in [2.05, 4.69) is 48.9 Å². The normalized spacial score (nSPS) is 11.3. The van der Waals surface area contributed by atoms with Gasteiger partial charge in [0.2, 0.25) is 0 Å². The first-order valence-electron chi connectivity index (χ1n) is 6.57. The summed E-state index contributed by atoms with van der Waals surface area (Å²) in [6.07, 6.45) is 4.13. The van der Waals surface area contributed by atoms with Gasteiger partial charge in [-0.1, -0.05) is 13.8 Å². The zero-order valence-electron chi connectivity index (χ0n) is 11.7. The van der Waals surface area contributed by atoms with Gasteiger partial charge in [-0.2, -0.15) is 0 Å². The standard InChI is InChI=1S/C14H23BrN2O/c1-10(2)6-5-7-16-14(18)13-8-12(15)9-17(13)11(3)4/h8-11H,5-7H2,1-4H3,(H,16,18). The molecule has 1 N–H and O–H groups in total. The Morgan fingerprint density at radius 1 is 1.39 bits per heavy atom. The van der Waals surface area contributed by atoms with Gasteiger partial charge in [0.05, 0.1) is 0 Å². The van der Waals surface area contributed by atoms with E-state index in [-0.39, 0.29) is 11.9 Å². The van der Waals surface area contributed by atoms with Crippen LogP contribution in [0.5, 0.6) is 0 Å². The molecule has 1 amide bonds. The number of carbonyl (C=O) groups is 1. The highest BCUT2D eigenvalue weighted by molar-refractivity contribution is 9.10. The lowest BCUT2D eigenvalue weighted by Crippen LogP contribution is -2.27. The summed E-state index contributed by atoms with van der Waals surface area (Å²) in [5.41, 5.74) is 0.724. The minimum atomic E-state index is 0.0122. The third-order valence-corrected chi connectivity index (χ3v) is 3.28. The topological polar surface area (TPSA) is 34.0 Å². The molecule has 0 saturated carbocycles. The quantitative estimate of drug-likeness (QED) is 0.791. The van der Waals surface area contributed by atoms with Crippen LogP contribution in [0.1, 0.15) is 57.1 Å². The highest BCUT2D eigenvalue weighted by Gasteiger charge is 2.14. The van der Waals surface area contributed by atoms with Crippen molar-refractivity contribution in [2.45, 2.75) is 46.6 Å². The van der Waals surface area contributed by atoms with Crippen LogP contribution in [0.15, 0.2) is 16.7 Å². The molecule has 0 bridgehead atoms. The number of aromatic nitrogens is 1. The summed E-state index contributed by atoms with van der Waals surface area (Å²) in [7, 11) is 0. The molecule has 1 rings (SSSR count). The Hall–Kier alpha value is -0.770. The summed E-state index contributed by atoms with van der Waals surface area (Å²) in [5.74, 6) is 0.703. The smallest absolute Gasteiger partial charge is 0.267 e. The number of hydrogen-bond donors (Lipinski definition) is 1. The first-order chi connectivity index (χ1) is 8.41. The van der Waals surface area contributed by atoms with Crippen molar-refractivity contribution < 1.29 is 4.79 Å². The Kier molecular flexibility index (Phi) is 5.93. The summed E-state index contributed by atoms with van der Waals surface area (Å²) in [6, 6.07) is 2.16. The fourth-order valence-electron chi connectivity index (χ4n) is 1.86. The van der Waals surface area contributed by atoms with Crippen molar-refractivity contribution in [3.05, 3.63) is 22.4 Å². The Balaban J connectivity index is 2.56. The van der Waals surface area contributed by atoms with Gasteiger partial charge in [-0.25, -0.2) is 0 Å². The number of rotatable bonds is 6. The van der Waals surface area contributed by atoms with Crippen LogP contribution in [0, 0.1) is 5.92 Å². The van der Waals surface area contributed by atoms with Gasteiger partial charge in [-0.15, -0.1) is 0 Å².